The van der Waals surface area contributed by atoms with Gasteiger partial charge in [0.15, 0.2) is 5.11 Å². The molecule has 24 heavy (non-hydrogen) atoms. The van der Waals surface area contributed by atoms with Gasteiger partial charge in [0.25, 0.3) is 5.91 Å². The van der Waals surface area contributed by atoms with E-state index >= 15 is 0 Å². The van der Waals surface area contributed by atoms with E-state index in [1.165, 1.54) is 0 Å². The molecule has 0 aliphatic carbocycles. The van der Waals surface area contributed by atoms with Crippen molar-refractivity contribution in [1.29, 1.82) is 0 Å². The van der Waals surface area contributed by atoms with Gasteiger partial charge in [-0.3, -0.25) is 10.1 Å². The number of nitrogens with one attached hydrogen (secondary N) is 2. The highest BCUT2D eigenvalue weighted by Gasteiger charge is 2.14. The third-order valence-corrected chi connectivity index (χ3v) is 3.92. The number of hydrogen-bond donors (Lipinski definition) is 2. The first-order valence-corrected chi connectivity index (χ1v) is 8.39. The van der Waals surface area contributed by atoms with Crippen LogP contribution in [-0.2, 0) is 4.74 Å². The molecule has 2 N–H and O–H groups in total. The van der Waals surface area contributed by atoms with Crippen molar-refractivity contribution in [3.63, 3.8) is 0 Å². The van der Waals surface area contributed by atoms with E-state index in [1.807, 2.05) is 24.3 Å². The number of benzene rings is 2. The summed E-state index contributed by atoms with van der Waals surface area (Å²) in [4.78, 5) is 12.4. The molecule has 0 unspecified atom stereocenters. The average Bonchev–Trinajstić information content (AvgIpc) is 2.57. The zero-order chi connectivity index (χ0) is 17.4. The molecule has 0 saturated carbocycles. The lowest BCUT2D eigenvalue weighted by Crippen LogP contribution is -2.34. The van der Waals surface area contributed by atoms with Gasteiger partial charge in [-0.05, 0) is 52.4 Å². The van der Waals surface area contributed by atoms with Crippen LogP contribution in [0.25, 0.3) is 0 Å². The summed E-state index contributed by atoms with van der Waals surface area (Å²) in [7, 11) is 1.59. The van der Waals surface area contributed by atoms with Gasteiger partial charge in [0.2, 0.25) is 0 Å². The Morgan fingerprint density at radius 1 is 1.12 bits per heavy atom. The summed E-state index contributed by atoms with van der Waals surface area (Å²) < 4.78 is 11.4. The maximum absolute atomic E-state index is 12.4. The molecular weight excluding hydrogens is 392 g/mol. The van der Waals surface area contributed by atoms with Gasteiger partial charge in [0.1, 0.15) is 12.4 Å². The standard InChI is InChI=1S/C17H17BrN2O3S/c1-22-10-11-23-15-9-5-2-6-12(15)16(21)20-17(24)19-14-8-4-3-7-13(14)18/h2-9H,10-11H2,1H3,(H2,19,20,21,24). The van der Waals surface area contributed by atoms with Gasteiger partial charge in [-0.25, -0.2) is 0 Å². The number of amides is 1. The number of rotatable bonds is 6. The van der Waals surface area contributed by atoms with E-state index in [9.17, 15) is 4.79 Å². The summed E-state index contributed by atoms with van der Waals surface area (Å²) in [6.07, 6.45) is 0. The molecule has 2 aromatic carbocycles. The summed E-state index contributed by atoms with van der Waals surface area (Å²) in [5, 5.41) is 5.83. The van der Waals surface area contributed by atoms with Gasteiger partial charge in [0.05, 0.1) is 17.9 Å². The maximum Gasteiger partial charge on any atom is 0.261 e. The molecule has 0 atom stereocenters. The molecule has 0 aromatic heterocycles. The number of carbonyl (C=O) groups excluding carboxylic acids is 1. The van der Waals surface area contributed by atoms with Crippen LogP contribution in [0.4, 0.5) is 5.69 Å². The predicted molar refractivity (Wildman–Crippen MR) is 102 cm³/mol. The molecule has 126 valence electrons. The number of methoxy groups -OCH3 is 1. The smallest absolute Gasteiger partial charge is 0.261 e. The molecule has 7 heteroatoms. The summed E-state index contributed by atoms with van der Waals surface area (Å²) in [6.45, 7) is 0.804. The van der Waals surface area contributed by atoms with Crippen molar-refractivity contribution in [2.45, 2.75) is 0 Å². The summed E-state index contributed by atoms with van der Waals surface area (Å²) >= 11 is 8.61. The summed E-state index contributed by atoms with van der Waals surface area (Å²) in [6, 6.07) is 14.5. The second kappa shape index (κ2) is 9.36. The first-order chi connectivity index (χ1) is 11.6. The molecule has 5 nitrogen and oxygen atoms in total. The molecule has 0 bridgehead atoms. The van der Waals surface area contributed by atoms with Gasteiger partial charge in [0, 0.05) is 11.6 Å². The minimum absolute atomic E-state index is 0.207. The molecule has 0 aliphatic heterocycles. The fourth-order valence-electron chi connectivity index (χ4n) is 1.90. The average molecular weight is 409 g/mol. The molecular formula is C17H17BrN2O3S. The van der Waals surface area contributed by atoms with E-state index < -0.39 is 0 Å². The van der Waals surface area contributed by atoms with E-state index in [0.717, 1.165) is 10.2 Å². The van der Waals surface area contributed by atoms with Crippen LogP contribution < -0.4 is 15.4 Å². The van der Waals surface area contributed by atoms with E-state index in [0.29, 0.717) is 24.5 Å². The molecule has 2 aromatic rings. The van der Waals surface area contributed by atoms with Gasteiger partial charge < -0.3 is 14.8 Å². The zero-order valence-corrected chi connectivity index (χ0v) is 15.4. The Labute approximate surface area is 154 Å². The molecule has 1 amide bonds. The predicted octanol–water partition coefficient (Wildman–Crippen LogP) is 3.60. The number of para-hydroxylation sites is 2. The van der Waals surface area contributed by atoms with Crippen LogP contribution in [0.3, 0.4) is 0 Å². The lowest BCUT2D eigenvalue weighted by atomic mass is 10.2. The van der Waals surface area contributed by atoms with Crippen LogP contribution in [0.1, 0.15) is 10.4 Å². The highest BCUT2D eigenvalue weighted by Crippen LogP contribution is 2.21. The summed E-state index contributed by atoms with van der Waals surface area (Å²) in [5.41, 5.74) is 1.18. The SMILES string of the molecule is COCCOc1ccccc1C(=O)NC(=S)Nc1ccccc1Br. The number of thiocarbonyl (C=S) groups is 1. The van der Waals surface area contributed by atoms with E-state index in [2.05, 4.69) is 26.6 Å². The third kappa shape index (κ3) is 5.30. The maximum atomic E-state index is 12.4. The van der Waals surface area contributed by atoms with Crippen LogP contribution in [0.15, 0.2) is 53.0 Å². The minimum Gasteiger partial charge on any atom is -0.490 e. The number of carbonyl (C=O) groups is 1. The normalized spacial score (nSPS) is 10.1. The number of ether oxygens (including phenoxy) is 2. The van der Waals surface area contributed by atoms with Gasteiger partial charge in [-0.1, -0.05) is 24.3 Å². The van der Waals surface area contributed by atoms with Crippen LogP contribution in [0.5, 0.6) is 5.75 Å². The molecule has 0 saturated heterocycles. The monoisotopic (exact) mass is 408 g/mol. The highest BCUT2D eigenvalue weighted by molar-refractivity contribution is 9.10. The van der Waals surface area contributed by atoms with Crippen LogP contribution in [0, 0.1) is 0 Å². The number of halogens is 1. The first kappa shape index (κ1) is 18.4. The lowest BCUT2D eigenvalue weighted by Gasteiger charge is -2.13. The molecule has 0 heterocycles. The molecule has 0 aliphatic rings. The summed E-state index contributed by atoms with van der Waals surface area (Å²) in [5.74, 6) is 0.142. The fraction of sp³-hybridized carbons (Fsp3) is 0.176. The van der Waals surface area contributed by atoms with E-state index in [1.54, 1.807) is 31.4 Å². The highest BCUT2D eigenvalue weighted by atomic mass is 79.9. The zero-order valence-electron chi connectivity index (χ0n) is 13.0. The van der Waals surface area contributed by atoms with Gasteiger partial charge in [-0.15, -0.1) is 0 Å². The Balaban J connectivity index is 2.01. The van der Waals surface area contributed by atoms with Crippen molar-refractivity contribution < 1.29 is 14.3 Å². The fourth-order valence-corrected chi connectivity index (χ4v) is 2.49. The molecule has 2 rings (SSSR count). The molecule has 0 spiro atoms. The van der Waals surface area contributed by atoms with Crippen molar-refractivity contribution in [3.05, 3.63) is 58.6 Å². The van der Waals surface area contributed by atoms with Crippen LogP contribution in [-0.4, -0.2) is 31.3 Å². The van der Waals surface area contributed by atoms with Gasteiger partial charge in [-0.2, -0.15) is 0 Å². The molecule has 0 fully saturated rings. The van der Waals surface area contributed by atoms with Gasteiger partial charge >= 0.3 is 0 Å². The third-order valence-electron chi connectivity index (χ3n) is 3.03. The van der Waals surface area contributed by atoms with Crippen molar-refractivity contribution in [2.24, 2.45) is 0 Å². The topological polar surface area (TPSA) is 59.6 Å². The first-order valence-electron chi connectivity index (χ1n) is 7.19. The number of hydrogen-bond acceptors (Lipinski definition) is 4. The second-order valence-corrected chi connectivity index (χ2v) is 5.99. The second-order valence-electron chi connectivity index (χ2n) is 4.73. The Morgan fingerprint density at radius 2 is 1.83 bits per heavy atom. The van der Waals surface area contributed by atoms with E-state index in [4.69, 9.17) is 21.7 Å². The Morgan fingerprint density at radius 3 is 2.58 bits per heavy atom. The van der Waals surface area contributed by atoms with Crippen molar-refractivity contribution in [2.75, 3.05) is 25.6 Å². The Kier molecular flexibility index (Phi) is 7.17. The van der Waals surface area contributed by atoms with Crippen molar-refractivity contribution >= 4 is 44.9 Å². The lowest BCUT2D eigenvalue weighted by molar-refractivity contribution is 0.0970. The Bertz CT molecular complexity index is 724. The van der Waals surface area contributed by atoms with Crippen LogP contribution >= 0.6 is 28.1 Å². The quantitative estimate of drug-likeness (QED) is 0.564. The Hall–Kier alpha value is -1.96. The van der Waals surface area contributed by atoms with Crippen molar-refractivity contribution in [3.8, 4) is 5.75 Å². The minimum atomic E-state index is -0.340. The number of anilines is 1. The van der Waals surface area contributed by atoms with E-state index in [-0.39, 0.29) is 11.0 Å². The van der Waals surface area contributed by atoms with Crippen LogP contribution in [0.2, 0.25) is 0 Å². The van der Waals surface area contributed by atoms with Crippen molar-refractivity contribution in [1.82, 2.24) is 5.32 Å². The largest absolute Gasteiger partial charge is 0.490 e. The molecule has 0 radical (unpaired) electrons.